The Morgan fingerprint density at radius 2 is 2.11 bits per heavy atom. The van der Waals surface area contributed by atoms with Gasteiger partial charge in [0.2, 0.25) is 0 Å². The first-order chi connectivity index (χ1) is 9.31. The summed E-state index contributed by atoms with van der Waals surface area (Å²) in [5.74, 6) is 2.62. The lowest BCUT2D eigenvalue weighted by Gasteiger charge is -2.35. The first-order valence-electron chi connectivity index (χ1n) is 7.93. The molecule has 0 radical (unpaired) electrons. The third kappa shape index (κ3) is 3.79. The van der Waals surface area contributed by atoms with Gasteiger partial charge in [-0.2, -0.15) is 0 Å². The fraction of sp³-hybridized carbons (Fsp3) is 0.706. The van der Waals surface area contributed by atoms with Gasteiger partial charge in [-0.25, -0.2) is 0 Å². The fourth-order valence-corrected chi connectivity index (χ4v) is 3.51. The molecule has 2 aliphatic rings. The average Bonchev–Trinajstić information content (AvgIpc) is 3.23. The Morgan fingerprint density at radius 3 is 2.84 bits per heavy atom. The molecular formula is C17H26N2. The van der Waals surface area contributed by atoms with Gasteiger partial charge < -0.3 is 5.32 Å². The molecule has 1 heterocycles. The molecule has 19 heavy (non-hydrogen) atoms. The zero-order valence-corrected chi connectivity index (χ0v) is 12.0. The van der Waals surface area contributed by atoms with Gasteiger partial charge in [0.15, 0.2) is 0 Å². The summed E-state index contributed by atoms with van der Waals surface area (Å²) in [6.07, 6.45) is 12.2. The topological polar surface area (TPSA) is 24.9 Å². The highest BCUT2D eigenvalue weighted by atomic mass is 14.9. The zero-order valence-electron chi connectivity index (χ0n) is 12.0. The van der Waals surface area contributed by atoms with E-state index in [2.05, 4.69) is 29.4 Å². The Labute approximate surface area is 117 Å². The molecule has 2 fully saturated rings. The molecule has 104 valence electrons. The zero-order chi connectivity index (χ0) is 13.1. The monoisotopic (exact) mass is 258 g/mol. The lowest BCUT2D eigenvalue weighted by atomic mass is 9.72. The standard InChI is InChI=1S/C17H26N2/c1-13-4-5-15(12-19-17-6-7-17)16(9-13)10-14-3-2-8-18-11-14/h2-3,8,11,13,15-17,19H,4-7,9-10,12H2,1H3. The maximum Gasteiger partial charge on any atom is 0.0299 e. The van der Waals surface area contributed by atoms with Crippen LogP contribution in [-0.4, -0.2) is 17.6 Å². The van der Waals surface area contributed by atoms with Gasteiger partial charge in [-0.15, -0.1) is 0 Å². The highest BCUT2D eigenvalue weighted by molar-refractivity contribution is 5.10. The number of hydrogen-bond acceptors (Lipinski definition) is 2. The van der Waals surface area contributed by atoms with Gasteiger partial charge >= 0.3 is 0 Å². The third-order valence-corrected chi connectivity index (χ3v) is 4.87. The summed E-state index contributed by atoms with van der Waals surface area (Å²) in [5, 5.41) is 3.74. The van der Waals surface area contributed by atoms with Crippen molar-refractivity contribution in [2.75, 3.05) is 6.54 Å². The van der Waals surface area contributed by atoms with Crippen LogP contribution in [-0.2, 0) is 6.42 Å². The molecule has 1 N–H and O–H groups in total. The van der Waals surface area contributed by atoms with Crippen molar-refractivity contribution in [3.05, 3.63) is 30.1 Å². The van der Waals surface area contributed by atoms with Crippen molar-refractivity contribution in [1.29, 1.82) is 0 Å². The van der Waals surface area contributed by atoms with Crippen LogP contribution in [0.5, 0.6) is 0 Å². The fourth-order valence-electron chi connectivity index (χ4n) is 3.51. The number of nitrogens with one attached hydrogen (secondary N) is 1. The highest BCUT2D eigenvalue weighted by Gasteiger charge is 2.30. The van der Waals surface area contributed by atoms with Crippen molar-refractivity contribution in [1.82, 2.24) is 10.3 Å². The van der Waals surface area contributed by atoms with E-state index in [4.69, 9.17) is 0 Å². The van der Waals surface area contributed by atoms with Crippen molar-refractivity contribution in [3.63, 3.8) is 0 Å². The second-order valence-corrected chi connectivity index (χ2v) is 6.69. The summed E-state index contributed by atoms with van der Waals surface area (Å²) in [4.78, 5) is 4.26. The molecule has 1 aromatic rings. The second-order valence-electron chi connectivity index (χ2n) is 6.69. The molecule has 0 amide bonds. The van der Waals surface area contributed by atoms with Gasteiger partial charge in [-0.05, 0) is 68.0 Å². The summed E-state index contributed by atoms with van der Waals surface area (Å²) < 4.78 is 0. The minimum Gasteiger partial charge on any atom is -0.314 e. The van der Waals surface area contributed by atoms with E-state index in [9.17, 15) is 0 Å². The van der Waals surface area contributed by atoms with Crippen LogP contribution < -0.4 is 5.32 Å². The number of aromatic nitrogens is 1. The maximum atomic E-state index is 4.26. The summed E-state index contributed by atoms with van der Waals surface area (Å²) in [7, 11) is 0. The van der Waals surface area contributed by atoms with E-state index in [1.165, 1.54) is 50.6 Å². The van der Waals surface area contributed by atoms with Gasteiger partial charge in [-0.3, -0.25) is 4.98 Å². The smallest absolute Gasteiger partial charge is 0.0299 e. The molecule has 0 spiro atoms. The molecule has 3 unspecified atom stereocenters. The molecule has 2 nitrogen and oxygen atoms in total. The van der Waals surface area contributed by atoms with Crippen molar-refractivity contribution in [2.24, 2.45) is 17.8 Å². The van der Waals surface area contributed by atoms with Crippen molar-refractivity contribution in [3.8, 4) is 0 Å². The van der Waals surface area contributed by atoms with E-state index in [-0.39, 0.29) is 0 Å². The molecule has 2 aliphatic carbocycles. The number of rotatable bonds is 5. The molecule has 3 rings (SSSR count). The van der Waals surface area contributed by atoms with Gasteiger partial charge in [0.05, 0.1) is 0 Å². The van der Waals surface area contributed by atoms with Crippen LogP contribution in [0.25, 0.3) is 0 Å². The van der Waals surface area contributed by atoms with Crippen molar-refractivity contribution >= 4 is 0 Å². The number of pyridine rings is 1. The van der Waals surface area contributed by atoms with Crippen LogP contribution in [0.15, 0.2) is 24.5 Å². The van der Waals surface area contributed by atoms with E-state index in [1.807, 2.05) is 12.4 Å². The molecule has 3 atom stereocenters. The quantitative estimate of drug-likeness (QED) is 0.875. The van der Waals surface area contributed by atoms with Gasteiger partial charge in [0.25, 0.3) is 0 Å². The third-order valence-electron chi connectivity index (χ3n) is 4.87. The number of hydrogen-bond donors (Lipinski definition) is 1. The van der Waals surface area contributed by atoms with E-state index >= 15 is 0 Å². The van der Waals surface area contributed by atoms with Crippen LogP contribution in [0.4, 0.5) is 0 Å². The molecule has 0 saturated heterocycles. The molecule has 2 saturated carbocycles. The predicted octanol–water partition coefficient (Wildman–Crippen LogP) is 3.43. The SMILES string of the molecule is CC1CCC(CNC2CC2)C(Cc2cccnc2)C1. The lowest BCUT2D eigenvalue weighted by Crippen LogP contribution is -2.34. The van der Waals surface area contributed by atoms with Crippen LogP contribution in [0, 0.1) is 17.8 Å². The van der Waals surface area contributed by atoms with Crippen LogP contribution in [0.1, 0.15) is 44.6 Å². The molecule has 2 heteroatoms. The van der Waals surface area contributed by atoms with Crippen LogP contribution in [0.2, 0.25) is 0 Å². The Balaban J connectivity index is 1.59. The summed E-state index contributed by atoms with van der Waals surface area (Å²) in [5.41, 5.74) is 1.41. The van der Waals surface area contributed by atoms with Gasteiger partial charge in [0.1, 0.15) is 0 Å². The van der Waals surface area contributed by atoms with E-state index in [0.717, 1.165) is 23.8 Å². The lowest BCUT2D eigenvalue weighted by molar-refractivity contribution is 0.183. The van der Waals surface area contributed by atoms with Crippen molar-refractivity contribution in [2.45, 2.75) is 51.5 Å². The van der Waals surface area contributed by atoms with Crippen LogP contribution in [0.3, 0.4) is 0 Å². The Hall–Kier alpha value is -0.890. The molecule has 0 aliphatic heterocycles. The number of nitrogens with zero attached hydrogens (tertiary/aromatic N) is 1. The summed E-state index contributed by atoms with van der Waals surface area (Å²) in [6, 6.07) is 5.15. The molecular weight excluding hydrogens is 232 g/mol. The molecule has 0 aromatic carbocycles. The first kappa shape index (κ1) is 13.1. The van der Waals surface area contributed by atoms with Gasteiger partial charge in [0, 0.05) is 18.4 Å². The largest absolute Gasteiger partial charge is 0.314 e. The minimum atomic E-state index is 0.846. The summed E-state index contributed by atoms with van der Waals surface area (Å²) >= 11 is 0. The van der Waals surface area contributed by atoms with Crippen molar-refractivity contribution < 1.29 is 0 Å². The Kier molecular flexibility index (Phi) is 4.17. The normalized spacial score (nSPS) is 31.3. The Morgan fingerprint density at radius 1 is 1.21 bits per heavy atom. The van der Waals surface area contributed by atoms with E-state index in [1.54, 1.807) is 0 Å². The maximum absolute atomic E-state index is 4.26. The summed E-state index contributed by atoms with van der Waals surface area (Å²) in [6.45, 7) is 3.66. The Bertz CT molecular complexity index is 386. The highest BCUT2D eigenvalue weighted by Crippen LogP contribution is 2.36. The van der Waals surface area contributed by atoms with E-state index < -0.39 is 0 Å². The first-order valence-corrected chi connectivity index (χ1v) is 7.93. The average molecular weight is 258 g/mol. The minimum absolute atomic E-state index is 0.846. The van der Waals surface area contributed by atoms with Crippen LogP contribution >= 0.6 is 0 Å². The second kappa shape index (κ2) is 6.04. The molecule has 1 aromatic heterocycles. The van der Waals surface area contributed by atoms with Gasteiger partial charge in [-0.1, -0.05) is 19.4 Å². The molecule has 0 bridgehead atoms. The predicted molar refractivity (Wildman–Crippen MR) is 79.0 cm³/mol. The van der Waals surface area contributed by atoms with E-state index in [0.29, 0.717) is 0 Å².